The van der Waals surface area contributed by atoms with Crippen molar-refractivity contribution in [3.05, 3.63) is 62.5 Å². The Kier molecular flexibility index (Phi) is 4.53. The van der Waals surface area contributed by atoms with Gasteiger partial charge in [0.25, 0.3) is 5.56 Å². The Labute approximate surface area is 131 Å². The Balaban J connectivity index is 2.46. The lowest BCUT2D eigenvalue weighted by Crippen LogP contribution is -2.24. The van der Waals surface area contributed by atoms with Crippen molar-refractivity contribution in [1.29, 1.82) is 0 Å². The summed E-state index contributed by atoms with van der Waals surface area (Å²) in [5.74, 6) is 0.00399. The molecule has 0 aliphatic heterocycles. The van der Waals surface area contributed by atoms with E-state index in [1.807, 2.05) is 30.3 Å². The molecule has 1 heterocycles. The number of halogens is 1. The third-order valence-corrected chi connectivity index (χ3v) is 4.05. The third-order valence-electron chi connectivity index (χ3n) is 2.84. The molecule has 1 aromatic heterocycles. The van der Waals surface area contributed by atoms with Gasteiger partial charge >= 0.3 is 10.1 Å². The highest BCUT2D eigenvalue weighted by molar-refractivity contribution is 9.10. The predicted octanol–water partition coefficient (Wildman–Crippen LogP) is 2.31. The second-order valence-electron chi connectivity index (χ2n) is 4.63. The predicted molar refractivity (Wildman–Crippen MR) is 84.2 cm³/mol. The van der Waals surface area contributed by atoms with E-state index >= 15 is 0 Å². The molecule has 0 amide bonds. The first-order valence-electron chi connectivity index (χ1n) is 6.11. The highest BCUT2D eigenvalue weighted by Gasteiger charge is 2.15. The summed E-state index contributed by atoms with van der Waals surface area (Å²) < 4.78 is 28.9. The fourth-order valence-electron chi connectivity index (χ4n) is 1.90. The van der Waals surface area contributed by atoms with Crippen molar-refractivity contribution in [2.45, 2.75) is 13.5 Å². The Bertz CT molecular complexity index is 813. The van der Waals surface area contributed by atoms with Crippen molar-refractivity contribution in [1.82, 2.24) is 4.57 Å². The van der Waals surface area contributed by atoms with Gasteiger partial charge in [-0.05, 0) is 28.4 Å². The van der Waals surface area contributed by atoms with E-state index in [1.54, 1.807) is 11.5 Å². The molecule has 2 rings (SSSR count). The van der Waals surface area contributed by atoms with Crippen LogP contribution in [-0.4, -0.2) is 19.2 Å². The number of pyridine rings is 1. The first-order valence-corrected chi connectivity index (χ1v) is 8.72. The number of benzene rings is 1. The van der Waals surface area contributed by atoms with Gasteiger partial charge in [-0.2, -0.15) is 8.42 Å². The van der Waals surface area contributed by atoms with Crippen LogP contribution in [0.2, 0.25) is 0 Å². The molecule has 0 bridgehead atoms. The zero-order valence-electron chi connectivity index (χ0n) is 11.5. The minimum Gasteiger partial charge on any atom is -0.381 e. The van der Waals surface area contributed by atoms with Crippen LogP contribution in [0.25, 0.3) is 0 Å². The molecular formula is C14H14BrNO4S. The fourth-order valence-corrected chi connectivity index (χ4v) is 2.88. The number of aryl methyl sites for hydroxylation is 1. The normalized spacial score (nSPS) is 11.4. The molecule has 7 heteroatoms. The zero-order chi connectivity index (χ0) is 15.6. The first-order chi connectivity index (χ1) is 9.78. The number of nitrogens with zero attached hydrogens (tertiary/aromatic N) is 1. The van der Waals surface area contributed by atoms with Crippen LogP contribution >= 0.6 is 15.9 Å². The Morgan fingerprint density at radius 2 is 1.86 bits per heavy atom. The van der Waals surface area contributed by atoms with Crippen LogP contribution in [0, 0.1) is 6.92 Å². The van der Waals surface area contributed by atoms with Gasteiger partial charge in [0.2, 0.25) is 0 Å². The smallest absolute Gasteiger partial charge is 0.306 e. The number of aromatic nitrogens is 1. The SMILES string of the molecule is Cc1cc(OS(C)(=O)=O)c(Br)c(=O)n1Cc1ccccc1. The van der Waals surface area contributed by atoms with Crippen molar-refractivity contribution in [2.75, 3.05) is 6.26 Å². The van der Waals surface area contributed by atoms with Crippen LogP contribution in [-0.2, 0) is 16.7 Å². The molecule has 112 valence electrons. The maximum absolute atomic E-state index is 12.3. The summed E-state index contributed by atoms with van der Waals surface area (Å²) in [5, 5.41) is 0. The van der Waals surface area contributed by atoms with Crippen molar-refractivity contribution >= 4 is 26.0 Å². The lowest BCUT2D eigenvalue weighted by Gasteiger charge is -2.13. The molecule has 0 unspecified atom stereocenters. The highest BCUT2D eigenvalue weighted by Crippen LogP contribution is 2.23. The van der Waals surface area contributed by atoms with Crippen LogP contribution in [0.3, 0.4) is 0 Å². The number of rotatable bonds is 4. The van der Waals surface area contributed by atoms with Gasteiger partial charge in [0.15, 0.2) is 5.75 Å². The molecule has 0 aliphatic carbocycles. The Morgan fingerprint density at radius 1 is 1.24 bits per heavy atom. The molecule has 0 saturated carbocycles. The minimum absolute atomic E-state index is 0.00399. The van der Waals surface area contributed by atoms with Crippen LogP contribution in [0.4, 0.5) is 0 Å². The van der Waals surface area contributed by atoms with Gasteiger partial charge in [0, 0.05) is 11.8 Å². The van der Waals surface area contributed by atoms with E-state index in [1.165, 1.54) is 6.07 Å². The summed E-state index contributed by atoms with van der Waals surface area (Å²) in [6, 6.07) is 11.0. The topological polar surface area (TPSA) is 65.4 Å². The van der Waals surface area contributed by atoms with Crippen molar-refractivity contribution in [3.63, 3.8) is 0 Å². The van der Waals surface area contributed by atoms with Gasteiger partial charge in [0.1, 0.15) is 4.47 Å². The van der Waals surface area contributed by atoms with Crippen LogP contribution in [0.1, 0.15) is 11.3 Å². The van der Waals surface area contributed by atoms with E-state index in [2.05, 4.69) is 15.9 Å². The molecule has 0 aliphatic rings. The van der Waals surface area contributed by atoms with Gasteiger partial charge in [-0.25, -0.2) is 0 Å². The van der Waals surface area contributed by atoms with Gasteiger partial charge in [-0.15, -0.1) is 0 Å². The van der Waals surface area contributed by atoms with Crippen LogP contribution in [0.15, 0.2) is 45.7 Å². The summed E-state index contributed by atoms with van der Waals surface area (Å²) in [5.41, 5.74) is 1.26. The molecule has 0 spiro atoms. The molecule has 0 radical (unpaired) electrons. The van der Waals surface area contributed by atoms with E-state index in [-0.39, 0.29) is 15.8 Å². The van der Waals surface area contributed by atoms with Crippen LogP contribution < -0.4 is 9.74 Å². The number of hydrogen-bond acceptors (Lipinski definition) is 4. The summed E-state index contributed by atoms with van der Waals surface area (Å²) in [4.78, 5) is 12.3. The average molecular weight is 372 g/mol. The number of hydrogen-bond donors (Lipinski definition) is 0. The largest absolute Gasteiger partial charge is 0.381 e. The first kappa shape index (κ1) is 15.8. The van der Waals surface area contributed by atoms with Crippen LogP contribution in [0.5, 0.6) is 5.75 Å². The monoisotopic (exact) mass is 371 g/mol. The molecule has 0 fully saturated rings. The standard InChI is InChI=1S/C14H14BrNO4S/c1-10-8-12(20-21(2,18)19)13(15)14(17)16(10)9-11-6-4-3-5-7-11/h3-8H,9H2,1-2H3. The molecular weight excluding hydrogens is 358 g/mol. The highest BCUT2D eigenvalue weighted by atomic mass is 79.9. The molecule has 2 aromatic rings. The lowest BCUT2D eigenvalue weighted by molar-refractivity contribution is 0.488. The summed E-state index contributed by atoms with van der Waals surface area (Å²) >= 11 is 3.11. The fraction of sp³-hybridized carbons (Fsp3) is 0.214. The quantitative estimate of drug-likeness (QED) is 0.773. The van der Waals surface area contributed by atoms with E-state index in [0.29, 0.717) is 12.2 Å². The lowest BCUT2D eigenvalue weighted by atomic mass is 10.2. The Morgan fingerprint density at radius 3 is 2.43 bits per heavy atom. The van der Waals surface area contributed by atoms with Gasteiger partial charge in [0.05, 0.1) is 12.8 Å². The summed E-state index contributed by atoms with van der Waals surface area (Å²) in [7, 11) is -3.68. The van der Waals surface area contributed by atoms with Crippen molar-refractivity contribution in [3.8, 4) is 5.75 Å². The second kappa shape index (κ2) is 6.03. The van der Waals surface area contributed by atoms with E-state index in [9.17, 15) is 13.2 Å². The van der Waals surface area contributed by atoms with Gasteiger partial charge in [-0.1, -0.05) is 30.3 Å². The van der Waals surface area contributed by atoms with E-state index < -0.39 is 10.1 Å². The summed E-state index contributed by atoms with van der Waals surface area (Å²) in [6.45, 7) is 2.13. The minimum atomic E-state index is -3.68. The second-order valence-corrected chi connectivity index (χ2v) is 7.00. The molecule has 0 N–H and O–H groups in total. The zero-order valence-corrected chi connectivity index (χ0v) is 13.9. The molecule has 5 nitrogen and oxygen atoms in total. The van der Waals surface area contributed by atoms with Gasteiger partial charge < -0.3 is 8.75 Å². The molecule has 0 atom stereocenters. The molecule has 21 heavy (non-hydrogen) atoms. The van der Waals surface area contributed by atoms with Crippen molar-refractivity contribution < 1.29 is 12.6 Å². The molecule has 1 aromatic carbocycles. The Hall–Kier alpha value is -1.60. The van der Waals surface area contributed by atoms with Crippen molar-refractivity contribution in [2.24, 2.45) is 0 Å². The van der Waals surface area contributed by atoms with Gasteiger partial charge in [-0.3, -0.25) is 4.79 Å². The van der Waals surface area contributed by atoms with E-state index in [0.717, 1.165) is 11.8 Å². The summed E-state index contributed by atoms with van der Waals surface area (Å²) in [6.07, 6.45) is 0.935. The van der Waals surface area contributed by atoms with E-state index in [4.69, 9.17) is 4.18 Å². The third kappa shape index (κ3) is 3.95. The molecule has 0 saturated heterocycles. The average Bonchev–Trinajstić information content (AvgIpc) is 2.40. The maximum atomic E-state index is 12.3. The maximum Gasteiger partial charge on any atom is 0.306 e.